The molecule has 2 aromatic rings. The summed E-state index contributed by atoms with van der Waals surface area (Å²) in [4.78, 5) is 17.5. The van der Waals surface area contributed by atoms with Crippen molar-refractivity contribution in [3.8, 4) is 5.75 Å². The zero-order chi connectivity index (χ0) is 15.4. The molecule has 0 radical (unpaired) electrons. The van der Waals surface area contributed by atoms with E-state index in [9.17, 15) is 4.79 Å². The Bertz CT molecular complexity index is 619. The van der Waals surface area contributed by atoms with Crippen LogP contribution in [0.1, 0.15) is 15.2 Å². The van der Waals surface area contributed by atoms with Gasteiger partial charge in [0.2, 0.25) is 0 Å². The Kier molecular flexibility index (Phi) is 4.75. The number of thiophene rings is 1. The zero-order valence-electron chi connectivity index (χ0n) is 12.7. The molecule has 0 bridgehead atoms. The molecule has 1 fully saturated rings. The van der Waals surface area contributed by atoms with Crippen molar-refractivity contribution in [1.82, 2.24) is 9.80 Å². The molecule has 1 aliphatic heterocycles. The lowest BCUT2D eigenvalue weighted by atomic mass is 10.2. The number of methoxy groups -OCH3 is 1. The van der Waals surface area contributed by atoms with Gasteiger partial charge in [-0.05, 0) is 29.1 Å². The van der Waals surface area contributed by atoms with Gasteiger partial charge in [0, 0.05) is 32.7 Å². The van der Waals surface area contributed by atoms with E-state index in [-0.39, 0.29) is 5.91 Å². The maximum atomic E-state index is 12.3. The summed E-state index contributed by atoms with van der Waals surface area (Å²) in [7, 11) is 1.69. The van der Waals surface area contributed by atoms with Gasteiger partial charge in [0.05, 0.1) is 12.0 Å². The van der Waals surface area contributed by atoms with Crippen LogP contribution in [0.2, 0.25) is 0 Å². The molecule has 22 heavy (non-hydrogen) atoms. The molecule has 1 aliphatic rings. The van der Waals surface area contributed by atoms with Crippen LogP contribution in [-0.2, 0) is 6.54 Å². The topological polar surface area (TPSA) is 32.8 Å². The second kappa shape index (κ2) is 6.94. The number of hydrogen-bond donors (Lipinski definition) is 0. The third kappa shape index (κ3) is 3.48. The van der Waals surface area contributed by atoms with Crippen molar-refractivity contribution in [3.63, 3.8) is 0 Å². The van der Waals surface area contributed by atoms with E-state index in [4.69, 9.17) is 4.74 Å². The number of ether oxygens (including phenoxy) is 1. The minimum atomic E-state index is 0.163. The highest BCUT2D eigenvalue weighted by molar-refractivity contribution is 7.12. The summed E-state index contributed by atoms with van der Waals surface area (Å²) in [6.07, 6.45) is 0. The van der Waals surface area contributed by atoms with Gasteiger partial charge < -0.3 is 9.64 Å². The number of nitrogens with zero attached hydrogens (tertiary/aromatic N) is 2. The second-order valence-corrected chi connectivity index (χ2v) is 6.34. The SMILES string of the molecule is COc1cccc(CN2CCN(C(=O)c3cccs3)CC2)c1. The first-order chi connectivity index (χ1) is 10.8. The van der Waals surface area contributed by atoms with Crippen LogP contribution in [0.5, 0.6) is 5.75 Å². The maximum Gasteiger partial charge on any atom is 0.264 e. The predicted octanol–water partition coefficient (Wildman–Crippen LogP) is 2.71. The molecule has 1 aromatic heterocycles. The number of hydrogen-bond acceptors (Lipinski definition) is 4. The molecule has 0 saturated carbocycles. The number of amides is 1. The van der Waals surface area contributed by atoms with Gasteiger partial charge in [-0.25, -0.2) is 0 Å². The first-order valence-corrected chi connectivity index (χ1v) is 8.32. The molecular formula is C17H20N2O2S. The van der Waals surface area contributed by atoms with Crippen molar-refractivity contribution in [1.29, 1.82) is 0 Å². The van der Waals surface area contributed by atoms with Crippen molar-refractivity contribution in [2.45, 2.75) is 6.54 Å². The summed E-state index contributed by atoms with van der Waals surface area (Å²) < 4.78 is 5.26. The summed E-state index contributed by atoms with van der Waals surface area (Å²) in [6, 6.07) is 12.0. The summed E-state index contributed by atoms with van der Waals surface area (Å²) in [5.41, 5.74) is 1.25. The molecule has 0 spiro atoms. The fraction of sp³-hybridized carbons (Fsp3) is 0.353. The lowest BCUT2D eigenvalue weighted by Gasteiger charge is -2.34. The van der Waals surface area contributed by atoms with Crippen molar-refractivity contribution >= 4 is 17.2 Å². The van der Waals surface area contributed by atoms with Gasteiger partial charge in [0.25, 0.3) is 5.91 Å². The molecule has 3 rings (SSSR count). The maximum absolute atomic E-state index is 12.3. The van der Waals surface area contributed by atoms with Crippen LogP contribution in [-0.4, -0.2) is 49.0 Å². The Labute approximate surface area is 134 Å². The lowest BCUT2D eigenvalue weighted by molar-refractivity contribution is 0.0633. The van der Waals surface area contributed by atoms with Crippen LogP contribution in [0, 0.1) is 0 Å². The molecule has 0 atom stereocenters. The van der Waals surface area contributed by atoms with Crippen LogP contribution in [0.15, 0.2) is 41.8 Å². The van der Waals surface area contributed by atoms with Gasteiger partial charge >= 0.3 is 0 Å². The van der Waals surface area contributed by atoms with Crippen LogP contribution in [0.3, 0.4) is 0 Å². The first kappa shape index (κ1) is 15.1. The molecule has 5 heteroatoms. The van der Waals surface area contributed by atoms with E-state index in [0.29, 0.717) is 0 Å². The number of carbonyl (C=O) groups is 1. The quantitative estimate of drug-likeness (QED) is 0.869. The summed E-state index contributed by atoms with van der Waals surface area (Å²) >= 11 is 1.51. The van der Waals surface area contributed by atoms with Gasteiger partial charge in [0.1, 0.15) is 5.75 Å². The average Bonchev–Trinajstić information content (AvgIpc) is 3.09. The fourth-order valence-electron chi connectivity index (χ4n) is 2.69. The van der Waals surface area contributed by atoms with E-state index in [0.717, 1.165) is 43.4 Å². The third-order valence-corrected chi connectivity index (χ3v) is 4.79. The Morgan fingerprint density at radius 3 is 2.68 bits per heavy atom. The molecule has 2 heterocycles. The fourth-order valence-corrected chi connectivity index (χ4v) is 3.38. The largest absolute Gasteiger partial charge is 0.497 e. The number of benzene rings is 1. The van der Waals surface area contributed by atoms with Crippen LogP contribution in [0.25, 0.3) is 0 Å². The predicted molar refractivity (Wildman–Crippen MR) is 88.5 cm³/mol. The van der Waals surface area contributed by atoms with Crippen molar-refractivity contribution in [2.75, 3.05) is 33.3 Å². The van der Waals surface area contributed by atoms with E-state index >= 15 is 0 Å². The van der Waals surface area contributed by atoms with Gasteiger partial charge in [-0.15, -0.1) is 11.3 Å². The zero-order valence-corrected chi connectivity index (χ0v) is 13.5. The monoisotopic (exact) mass is 316 g/mol. The summed E-state index contributed by atoms with van der Waals surface area (Å²) in [6.45, 7) is 4.31. The van der Waals surface area contributed by atoms with Crippen molar-refractivity contribution in [2.24, 2.45) is 0 Å². The van der Waals surface area contributed by atoms with E-state index in [1.165, 1.54) is 16.9 Å². The summed E-state index contributed by atoms with van der Waals surface area (Å²) in [5.74, 6) is 1.06. The molecule has 0 N–H and O–H groups in total. The van der Waals surface area contributed by atoms with Gasteiger partial charge in [-0.2, -0.15) is 0 Å². The number of rotatable bonds is 4. The molecule has 0 unspecified atom stereocenters. The Morgan fingerprint density at radius 1 is 1.18 bits per heavy atom. The standard InChI is InChI=1S/C17H20N2O2S/c1-21-15-5-2-4-14(12-15)13-18-7-9-19(10-8-18)17(20)16-6-3-11-22-16/h2-6,11-12H,7-10,13H2,1H3. The Hall–Kier alpha value is -1.85. The molecule has 4 nitrogen and oxygen atoms in total. The van der Waals surface area contributed by atoms with Crippen LogP contribution in [0.4, 0.5) is 0 Å². The van der Waals surface area contributed by atoms with E-state index in [2.05, 4.69) is 17.0 Å². The average molecular weight is 316 g/mol. The van der Waals surface area contributed by atoms with Crippen molar-refractivity contribution in [3.05, 3.63) is 52.2 Å². The molecule has 1 amide bonds. The molecule has 1 saturated heterocycles. The highest BCUT2D eigenvalue weighted by atomic mass is 32.1. The summed E-state index contributed by atoms with van der Waals surface area (Å²) in [5, 5.41) is 1.95. The normalized spacial score (nSPS) is 15.8. The van der Waals surface area contributed by atoms with E-state index in [1.807, 2.05) is 34.5 Å². The van der Waals surface area contributed by atoms with Gasteiger partial charge in [-0.3, -0.25) is 9.69 Å². The number of carbonyl (C=O) groups excluding carboxylic acids is 1. The minimum Gasteiger partial charge on any atom is -0.497 e. The highest BCUT2D eigenvalue weighted by Gasteiger charge is 2.22. The highest BCUT2D eigenvalue weighted by Crippen LogP contribution is 2.17. The first-order valence-electron chi connectivity index (χ1n) is 7.44. The van der Waals surface area contributed by atoms with Crippen LogP contribution >= 0.6 is 11.3 Å². The smallest absolute Gasteiger partial charge is 0.264 e. The second-order valence-electron chi connectivity index (χ2n) is 5.40. The molecule has 1 aromatic carbocycles. The number of piperazine rings is 1. The van der Waals surface area contributed by atoms with Gasteiger partial charge in [0.15, 0.2) is 0 Å². The van der Waals surface area contributed by atoms with E-state index < -0.39 is 0 Å². The Balaban J connectivity index is 1.54. The van der Waals surface area contributed by atoms with Crippen LogP contribution < -0.4 is 4.74 Å². The third-order valence-electron chi connectivity index (χ3n) is 3.93. The molecular weight excluding hydrogens is 296 g/mol. The Morgan fingerprint density at radius 2 is 2.00 bits per heavy atom. The van der Waals surface area contributed by atoms with Gasteiger partial charge in [-0.1, -0.05) is 18.2 Å². The lowest BCUT2D eigenvalue weighted by Crippen LogP contribution is -2.48. The molecule has 116 valence electrons. The molecule has 0 aliphatic carbocycles. The van der Waals surface area contributed by atoms with E-state index in [1.54, 1.807) is 7.11 Å². The minimum absolute atomic E-state index is 0.163. The van der Waals surface area contributed by atoms with Crippen molar-refractivity contribution < 1.29 is 9.53 Å².